The Kier molecular flexibility index (Phi) is 3.72. The summed E-state index contributed by atoms with van der Waals surface area (Å²) in [7, 11) is 0. The Balaban J connectivity index is 2.32. The van der Waals surface area contributed by atoms with E-state index in [1.54, 1.807) is 0 Å². The lowest BCUT2D eigenvalue weighted by molar-refractivity contribution is 1.06. The molecule has 0 fully saturated rings. The highest BCUT2D eigenvalue weighted by molar-refractivity contribution is 14.1. The molecule has 0 spiro atoms. The molecule has 1 heterocycles. The number of aromatic nitrogens is 2. The number of hydrogen-bond donors (Lipinski definition) is 1. The van der Waals surface area contributed by atoms with Crippen LogP contribution in [0.1, 0.15) is 0 Å². The van der Waals surface area contributed by atoms with E-state index < -0.39 is 0 Å². The van der Waals surface area contributed by atoms with Crippen molar-refractivity contribution in [3.63, 3.8) is 0 Å². The number of halogens is 3. The van der Waals surface area contributed by atoms with Crippen LogP contribution < -0.4 is 0 Å². The van der Waals surface area contributed by atoms with Crippen molar-refractivity contribution >= 4 is 73.4 Å². The minimum absolute atomic E-state index is 0.662. The molecular formula is C13H7BrClIN2S. The third-order valence-electron chi connectivity index (χ3n) is 2.81. The zero-order chi connectivity index (χ0) is 13.6. The van der Waals surface area contributed by atoms with Crippen molar-refractivity contribution in [1.82, 2.24) is 9.55 Å². The third kappa shape index (κ3) is 2.49. The van der Waals surface area contributed by atoms with Crippen molar-refractivity contribution in [2.45, 2.75) is 0 Å². The first-order chi connectivity index (χ1) is 9.06. The first-order valence-electron chi connectivity index (χ1n) is 5.42. The van der Waals surface area contributed by atoms with Crippen molar-refractivity contribution in [3.8, 4) is 5.69 Å². The van der Waals surface area contributed by atoms with Gasteiger partial charge >= 0.3 is 0 Å². The SMILES string of the molecule is S=c1[nH]c2cc(I)ccc2n1-c1ccc(Br)c(Cl)c1. The van der Waals surface area contributed by atoms with E-state index in [2.05, 4.69) is 61.7 Å². The molecule has 3 rings (SSSR count). The fraction of sp³-hybridized carbons (Fsp3) is 0. The molecule has 1 N–H and O–H groups in total. The first kappa shape index (κ1) is 13.6. The maximum absolute atomic E-state index is 6.15. The van der Waals surface area contributed by atoms with Gasteiger partial charge < -0.3 is 4.98 Å². The van der Waals surface area contributed by atoms with Gasteiger partial charge in [-0.25, -0.2) is 0 Å². The van der Waals surface area contributed by atoms with Crippen LogP contribution in [0.2, 0.25) is 5.02 Å². The number of H-pyrrole nitrogens is 1. The molecule has 0 aliphatic carbocycles. The van der Waals surface area contributed by atoms with Gasteiger partial charge in [0.2, 0.25) is 0 Å². The van der Waals surface area contributed by atoms with Crippen LogP contribution in [-0.2, 0) is 0 Å². The van der Waals surface area contributed by atoms with Crippen LogP contribution in [0.15, 0.2) is 40.9 Å². The van der Waals surface area contributed by atoms with Crippen LogP contribution in [-0.4, -0.2) is 9.55 Å². The summed E-state index contributed by atoms with van der Waals surface area (Å²) in [5, 5.41) is 0.666. The van der Waals surface area contributed by atoms with Crippen molar-refractivity contribution in [1.29, 1.82) is 0 Å². The van der Waals surface area contributed by atoms with Gasteiger partial charge in [-0.2, -0.15) is 0 Å². The maximum atomic E-state index is 6.15. The molecule has 0 aliphatic heterocycles. The predicted octanol–water partition coefficient (Wildman–Crippen LogP) is 5.71. The highest BCUT2D eigenvalue weighted by Gasteiger charge is 2.08. The smallest absolute Gasteiger partial charge is 0.182 e. The second-order valence-electron chi connectivity index (χ2n) is 4.03. The number of nitrogens with zero attached hydrogens (tertiary/aromatic N) is 1. The average Bonchev–Trinajstić information content (AvgIpc) is 2.68. The quantitative estimate of drug-likeness (QED) is 0.361. The van der Waals surface area contributed by atoms with Crippen LogP contribution >= 0.6 is 62.3 Å². The van der Waals surface area contributed by atoms with Gasteiger partial charge in [0.25, 0.3) is 0 Å². The Hall–Kier alpha value is -0.370. The van der Waals surface area contributed by atoms with Crippen molar-refractivity contribution < 1.29 is 0 Å². The normalized spacial score (nSPS) is 11.1. The average molecular weight is 466 g/mol. The molecule has 2 aromatic carbocycles. The molecule has 0 bridgehead atoms. The van der Waals surface area contributed by atoms with Crippen LogP contribution in [0.25, 0.3) is 16.7 Å². The number of imidazole rings is 1. The van der Waals surface area contributed by atoms with Crippen LogP contribution in [0, 0.1) is 8.34 Å². The summed E-state index contributed by atoms with van der Waals surface area (Å²) in [5.74, 6) is 0. The highest BCUT2D eigenvalue weighted by atomic mass is 127. The molecule has 0 amide bonds. The molecule has 96 valence electrons. The van der Waals surface area contributed by atoms with Crippen LogP contribution in [0.3, 0.4) is 0 Å². The standard InChI is InChI=1S/C13H7BrClIN2S/c14-9-3-2-8(6-10(9)15)18-12-4-1-7(16)5-11(12)17-13(18)19/h1-6H,(H,17,19). The highest BCUT2D eigenvalue weighted by Crippen LogP contribution is 2.27. The summed E-state index contributed by atoms with van der Waals surface area (Å²) in [4.78, 5) is 3.22. The van der Waals surface area contributed by atoms with Gasteiger partial charge in [-0.1, -0.05) is 11.6 Å². The monoisotopic (exact) mass is 464 g/mol. The molecular weight excluding hydrogens is 458 g/mol. The number of hydrogen-bond acceptors (Lipinski definition) is 1. The molecule has 3 aromatic rings. The van der Waals surface area contributed by atoms with E-state index in [-0.39, 0.29) is 0 Å². The molecule has 0 atom stereocenters. The summed E-state index contributed by atoms with van der Waals surface area (Å²) in [6, 6.07) is 12.0. The molecule has 6 heteroatoms. The van der Waals surface area contributed by atoms with E-state index in [1.165, 1.54) is 3.57 Å². The van der Waals surface area contributed by atoms with Crippen molar-refractivity contribution in [2.24, 2.45) is 0 Å². The Morgan fingerprint density at radius 2 is 2.00 bits per heavy atom. The Morgan fingerprint density at radius 1 is 1.21 bits per heavy atom. The molecule has 0 aliphatic rings. The van der Waals surface area contributed by atoms with Crippen molar-refractivity contribution in [2.75, 3.05) is 0 Å². The summed E-state index contributed by atoms with van der Waals surface area (Å²) >= 11 is 17.2. The van der Waals surface area contributed by atoms with Gasteiger partial charge in [0.05, 0.1) is 16.1 Å². The van der Waals surface area contributed by atoms with Gasteiger partial charge in [0.1, 0.15) is 0 Å². The van der Waals surface area contributed by atoms with Gasteiger partial charge in [0, 0.05) is 13.7 Å². The minimum Gasteiger partial charge on any atom is -0.330 e. The second-order valence-corrected chi connectivity index (χ2v) is 6.92. The van der Waals surface area contributed by atoms with E-state index in [0.717, 1.165) is 21.2 Å². The van der Waals surface area contributed by atoms with E-state index in [0.29, 0.717) is 9.79 Å². The number of rotatable bonds is 1. The lowest BCUT2D eigenvalue weighted by Gasteiger charge is -2.06. The number of nitrogens with one attached hydrogen (secondary N) is 1. The number of fused-ring (bicyclic) bond motifs is 1. The van der Waals surface area contributed by atoms with Crippen LogP contribution in [0.4, 0.5) is 0 Å². The maximum Gasteiger partial charge on any atom is 0.182 e. The zero-order valence-electron chi connectivity index (χ0n) is 9.45. The largest absolute Gasteiger partial charge is 0.330 e. The topological polar surface area (TPSA) is 20.7 Å². The number of benzene rings is 2. The Bertz CT molecular complexity index is 840. The lowest BCUT2D eigenvalue weighted by Crippen LogP contribution is -1.93. The summed E-state index contributed by atoms with van der Waals surface area (Å²) in [5.41, 5.74) is 3.02. The molecule has 2 nitrogen and oxygen atoms in total. The number of aromatic amines is 1. The molecule has 0 radical (unpaired) electrons. The van der Waals surface area contributed by atoms with Gasteiger partial charge in [0.15, 0.2) is 4.77 Å². The molecule has 0 saturated heterocycles. The van der Waals surface area contributed by atoms with Crippen LogP contribution in [0.5, 0.6) is 0 Å². The molecule has 0 saturated carbocycles. The molecule has 1 aromatic heterocycles. The summed E-state index contributed by atoms with van der Waals surface area (Å²) < 4.78 is 4.69. The van der Waals surface area contributed by atoms with Gasteiger partial charge in [-0.3, -0.25) is 4.57 Å². The summed E-state index contributed by atoms with van der Waals surface area (Å²) in [6.07, 6.45) is 0. The Labute approximate surface area is 142 Å². The lowest BCUT2D eigenvalue weighted by atomic mass is 10.3. The minimum atomic E-state index is 0.662. The second kappa shape index (κ2) is 5.20. The predicted molar refractivity (Wildman–Crippen MR) is 93.9 cm³/mol. The zero-order valence-corrected chi connectivity index (χ0v) is 14.8. The molecule has 0 unspecified atom stereocenters. The van der Waals surface area contributed by atoms with E-state index in [9.17, 15) is 0 Å². The van der Waals surface area contributed by atoms with E-state index >= 15 is 0 Å². The van der Waals surface area contributed by atoms with Gasteiger partial charge in [-0.15, -0.1) is 0 Å². The molecule has 19 heavy (non-hydrogen) atoms. The van der Waals surface area contributed by atoms with E-state index in [1.807, 2.05) is 22.8 Å². The Morgan fingerprint density at radius 3 is 2.74 bits per heavy atom. The fourth-order valence-electron chi connectivity index (χ4n) is 1.96. The van der Waals surface area contributed by atoms with E-state index in [4.69, 9.17) is 23.8 Å². The third-order valence-corrected chi connectivity index (χ3v) is 4.99. The first-order valence-corrected chi connectivity index (χ1v) is 8.08. The van der Waals surface area contributed by atoms with Gasteiger partial charge in [-0.05, 0) is 87.1 Å². The summed E-state index contributed by atoms with van der Waals surface area (Å²) in [6.45, 7) is 0. The van der Waals surface area contributed by atoms with Crippen molar-refractivity contribution in [3.05, 3.63) is 54.2 Å². The fourth-order valence-corrected chi connectivity index (χ4v) is 3.19.